The Morgan fingerprint density at radius 1 is 0.864 bits per heavy atom. The monoisotopic (exact) mass is 302 g/mol. The Hall–Kier alpha value is -2.20. The Kier molecular flexibility index (Phi) is 3.94. The van der Waals surface area contributed by atoms with Crippen LogP contribution >= 0.6 is 0 Å². The lowest BCUT2D eigenvalue weighted by atomic mass is 9.83. The molecule has 0 saturated carbocycles. The van der Waals surface area contributed by atoms with E-state index in [4.69, 9.17) is 4.74 Å². The summed E-state index contributed by atoms with van der Waals surface area (Å²) in [5.74, 6) is -0.371. The van der Waals surface area contributed by atoms with Gasteiger partial charge in [0.15, 0.2) is 5.60 Å². The minimum absolute atomic E-state index is 0.385. The maximum absolute atomic E-state index is 13.2. The Morgan fingerprint density at radius 2 is 1.36 bits per heavy atom. The van der Waals surface area contributed by atoms with Gasteiger partial charge in [0.05, 0.1) is 6.61 Å². The van der Waals surface area contributed by atoms with Crippen LogP contribution < -0.4 is 0 Å². The molecule has 114 valence electrons. The van der Waals surface area contributed by atoms with E-state index in [9.17, 15) is 13.9 Å². The topological polar surface area (TPSA) is 29.5 Å². The Balaban J connectivity index is 2.14. The number of rotatable bonds is 3. The summed E-state index contributed by atoms with van der Waals surface area (Å²) in [5, 5.41) is 11.3. The predicted octanol–water partition coefficient (Wildman–Crippen LogP) is 3.90. The van der Waals surface area contributed by atoms with Crippen molar-refractivity contribution in [3.63, 3.8) is 0 Å². The van der Waals surface area contributed by atoms with Gasteiger partial charge in [0, 0.05) is 0 Å². The second-order valence-corrected chi connectivity index (χ2v) is 5.28. The molecule has 1 N–H and O–H groups in total. The fourth-order valence-corrected chi connectivity index (χ4v) is 2.64. The van der Waals surface area contributed by atoms with E-state index in [-0.39, 0.29) is 11.6 Å². The van der Waals surface area contributed by atoms with Gasteiger partial charge in [0.25, 0.3) is 0 Å². The SMILES string of the molecule is OC(C1=CCCCO1)(c1ccc(F)cc1)c1ccc(F)cc1. The zero-order valence-electron chi connectivity index (χ0n) is 11.9. The number of halogens is 2. The molecule has 0 bridgehead atoms. The predicted molar refractivity (Wildman–Crippen MR) is 79.1 cm³/mol. The molecule has 0 unspecified atom stereocenters. The van der Waals surface area contributed by atoms with Gasteiger partial charge < -0.3 is 9.84 Å². The molecule has 22 heavy (non-hydrogen) atoms. The quantitative estimate of drug-likeness (QED) is 0.932. The summed E-state index contributed by atoms with van der Waals surface area (Å²) < 4.78 is 32.0. The van der Waals surface area contributed by atoms with Gasteiger partial charge in [0.1, 0.15) is 17.4 Å². The molecule has 0 spiro atoms. The van der Waals surface area contributed by atoms with Gasteiger partial charge in [-0.1, -0.05) is 24.3 Å². The van der Waals surface area contributed by atoms with Crippen molar-refractivity contribution >= 4 is 0 Å². The summed E-state index contributed by atoms with van der Waals surface area (Å²) in [6.07, 6.45) is 3.50. The van der Waals surface area contributed by atoms with Gasteiger partial charge in [-0.2, -0.15) is 0 Å². The van der Waals surface area contributed by atoms with E-state index in [0.717, 1.165) is 12.8 Å². The second kappa shape index (κ2) is 5.89. The van der Waals surface area contributed by atoms with Crippen molar-refractivity contribution in [2.75, 3.05) is 6.61 Å². The van der Waals surface area contributed by atoms with Crippen molar-refractivity contribution in [1.82, 2.24) is 0 Å². The van der Waals surface area contributed by atoms with Crippen LogP contribution in [-0.2, 0) is 10.3 Å². The molecule has 2 nitrogen and oxygen atoms in total. The first kappa shape index (κ1) is 14.7. The number of allylic oxidation sites excluding steroid dienone is 1. The summed E-state index contributed by atoms with van der Waals surface area (Å²) in [5.41, 5.74) is -0.593. The fraction of sp³-hybridized carbons (Fsp3) is 0.222. The zero-order chi connectivity index (χ0) is 15.6. The number of ether oxygens (including phenoxy) is 1. The molecular weight excluding hydrogens is 286 g/mol. The minimum Gasteiger partial charge on any atom is -0.494 e. The van der Waals surface area contributed by atoms with Crippen LogP contribution in [0.1, 0.15) is 24.0 Å². The standard InChI is InChI=1S/C18H16F2O2/c19-15-8-4-13(5-9-15)18(21,17-3-1-2-12-22-17)14-6-10-16(20)11-7-14/h3-11,21H,1-2,12H2. The number of benzene rings is 2. The normalized spacial score (nSPS) is 15.1. The van der Waals surface area contributed by atoms with Crippen molar-refractivity contribution in [3.05, 3.63) is 83.1 Å². The third kappa shape index (κ3) is 2.62. The first-order valence-corrected chi connectivity index (χ1v) is 7.18. The highest BCUT2D eigenvalue weighted by Gasteiger charge is 2.38. The van der Waals surface area contributed by atoms with Crippen molar-refractivity contribution in [2.24, 2.45) is 0 Å². The molecule has 0 atom stereocenters. The van der Waals surface area contributed by atoms with Gasteiger partial charge >= 0.3 is 0 Å². The van der Waals surface area contributed by atoms with E-state index in [1.807, 2.05) is 6.08 Å². The maximum Gasteiger partial charge on any atom is 0.172 e. The van der Waals surface area contributed by atoms with Gasteiger partial charge in [-0.15, -0.1) is 0 Å². The maximum atomic E-state index is 13.2. The van der Waals surface area contributed by atoms with Crippen LogP contribution in [0.25, 0.3) is 0 Å². The molecule has 0 aliphatic carbocycles. The van der Waals surface area contributed by atoms with E-state index in [1.54, 1.807) is 0 Å². The molecule has 2 aromatic carbocycles. The van der Waals surface area contributed by atoms with Crippen LogP contribution in [0.4, 0.5) is 8.78 Å². The first-order chi connectivity index (χ1) is 10.6. The summed E-state index contributed by atoms with van der Waals surface area (Å²) in [6, 6.07) is 11.2. The molecule has 3 rings (SSSR count). The highest BCUT2D eigenvalue weighted by molar-refractivity contribution is 5.43. The lowest BCUT2D eigenvalue weighted by Crippen LogP contribution is -2.32. The molecule has 4 heteroatoms. The zero-order valence-corrected chi connectivity index (χ0v) is 11.9. The summed E-state index contributed by atoms with van der Waals surface area (Å²) in [4.78, 5) is 0. The van der Waals surface area contributed by atoms with Crippen LogP contribution in [0, 0.1) is 11.6 Å². The number of hydrogen-bond acceptors (Lipinski definition) is 2. The average molecular weight is 302 g/mol. The largest absolute Gasteiger partial charge is 0.494 e. The second-order valence-electron chi connectivity index (χ2n) is 5.28. The van der Waals surface area contributed by atoms with Crippen LogP contribution in [0.5, 0.6) is 0 Å². The Bertz CT molecular complexity index is 630. The average Bonchev–Trinajstić information content (AvgIpc) is 2.56. The minimum atomic E-state index is -1.55. The molecule has 0 fully saturated rings. The molecule has 0 saturated heterocycles. The van der Waals surface area contributed by atoms with Crippen molar-refractivity contribution in [2.45, 2.75) is 18.4 Å². The molecule has 0 amide bonds. The molecule has 1 aliphatic heterocycles. The number of hydrogen-bond donors (Lipinski definition) is 1. The Labute approximate surface area is 127 Å². The van der Waals surface area contributed by atoms with E-state index in [1.165, 1.54) is 48.5 Å². The summed E-state index contributed by atoms with van der Waals surface area (Å²) in [7, 11) is 0. The van der Waals surface area contributed by atoms with Gasteiger partial charge in [-0.3, -0.25) is 0 Å². The van der Waals surface area contributed by atoms with E-state index in [2.05, 4.69) is 0 Å². The third-order valence-corrected chi connectivity index (χ3v) is 3.82. The van der Waals surface area contributed by atoms with E-state index >= 15 is 0 Å². The van der Waals surface area contributed by atoms with E-state index < -0.39 is 5.60 Å². The molecular formula is C18H16F2O2. The van der Waals surface area contributed by atoms with Gasteiger partial charge in [0.2, 0.25) is 0 Å². The van der Waals surface area contributed by atoms with Crippen molar-refractivity contribution in [3.8, 4) is 0 Å². The van der Waals surface area contributed by atoms with Crippen molar-refractivity contribution < 1.29 is 18.6 Å². The fourth-order valence-electron chi connectivity index (χ4n) is 2.64. The molecule has 1 aliphatic rings. The first-order valence-electron chi connectivity index (χ1n) is 7.18. The molecule has 0 radical (unpaired) electrons. The lowest BCUT2D eigenvalue weighted by Gasteiger charge is -2.33. The highest BCUT2D eigenvalue weighted by Crippen LogP contribution is 2.39. The smallest absolute Gasteiger partial charge is 0.172 e. The Morgan fingerprint density at radius 3 is 1.77 bits per heavy atom. The van der Waals surface area contributed by atoms with E-state index in [0.29, 0.717) is 23.5 Å². The highest BCUT2D eigenvalue weighted by atomic mass is 19.1. The lowest BCUT2D eigenvalue weighted by molar-refractivity contribution is 0.0314. The van der Waals surface area contributed by atoms with Gasteiger partial charge in [-0.05, 0) is 54.3 Å². The van der Waals surface area contributed by atoms with Crippen molar-refractivity contribution in [1.29, 1.82) is 0 Å². The molecule has 2 aromatic rings. The summed E-state index contributed by atoms with van der Waals surface area (Å²) in [6.45, 7) is 0.510. The molecule has 0 aromatic heterocycles. The van der Waals surface area contributed by atoms with Gasteiger partial charge in [-0.25, -0.2) is 8.78 Å². The number of aliphatic hydroxyl groups is 1. The van der Waals surface area contributed by atoms with Crippen LogP contribution in [0.2, 0.25) is 0 Å². The summed E-state index contributed by atoms with van der Waals surface area (Å²) >= 11 is 0. The third-order valence-electron chi connectivity index (χ3n) is 3.82. The molecule has 1 heterocycles. The van der Waals surface area contributed by atoms with Crippen LogP contribution in [-0.4, -0.2) is 11.7 Å². The van der Waals surface area contributed by atoms with Crippen LogP contribution in [0.15, 0.2) is 60.4 Å². The van der Waals surface area contributed by atoms with Crippen LogP contribution in [0.3, 0.4) is 0 Å².